The molecule has 1 saturated heterocycles. The molecule has 1 aromatic rings. The summed E-state index contributed by atoms with van der Waals surface area (Å²) >= 11 is 11.9. The van der Waals surface area contributed by atoms with Gasteiger partial charge in [-0.25, -0.2) is 0 Å². The molecule has 106 valence electrons. The first-order chi connectivity index (χ1) is 9.10. The van der Waals surface area contributed by atoms with Gasteiger partial charge >= 0.3 is 0 Å². The van der Waals surface area contributed by atoms with Crippen molar-refractivity contribution in [3.05, 3.63) is 33.8 Å². The molecular weight excluding hydrogens is 285 g/mol. The van der Waals surface area contributed by atoms with E-state index in [0.29, 0.717) is 10.0 Å². The number of hydrazine groups is 1. The number of morpholine rings is 1. The molecule has 4 nitrogen and oxygen atoms in total. The minimum Gasteiger partial charge on any atom is -0.374 e. The summed E-state index contributed by atoms with van der Waals surface area (Å²) in [6.45, 7) is 2.57. The topological polar surface area (TPSA) is 50.5 Å². The number of rotatable bonds is 4. The van der Waals surface area contributed by atoms with Gasteiger partial charge in [-0.15, -0.1) is 0 Å². The van der Waals surface area contributed by atoms with Crippen molar-refractivity contribution in [3.8, 4) is 0 Å². The number of ether oxygens (including phenoxy) is 1. The molecule has 2 unspecified atom stereocenters. The third-order valence-electron chi connectivity index (χ3n) is 3.40. The molecule has 1 fully saturated rings. The van der Waals surface area contributed by atoms with Crippen molar-refractivity contribution in [2.24, 2.45) is 5.84 Å². The van der Waals surface area contributed by atoms with E-state index >= 15 is 0 Å². The van der Waals surface area contributed by atoms with Crippen molar-refractivity contribution in [3.63, 3.8) is 0 Å². The average Bonchev–Trinajstić information content (AvgIpc) is 2.40. The highest BCUT2D eigenvalue weighted by atomic mass is 35.5. The number of nitrogens with zero attached hydrogens (tertiary/aromatic N) is 1. The molecule has 0 amide bonds. The van der Waals surface area contributed by atoms with E-state index in [1.807, 2.05) is 12.1 Å². The SMILES string of the molecule is CN1CCOC(C(Cc2ccc(Cl)c(Cl)c2)NN)C1. The molecule has 1 aromatic carbocycles. The highest BCUT2D eigenvalue weighted by Crippen LogP contribution is 2.23. The Labute approximate surface area is 123 Å². The third kappa shape index (κ3) is 4.05. The van der Waals surface area contributed by atoms with Gasteiger partial charge in [0.15, 0.2) is 0 Å². The van der Waals surface area contributed by atoms with E-state index in [2.05, 4.69) is 17.4 Å². The fourth-order valence-corrected chi connectivity index (χ4v) is 2.59. The molecule has 0 aliphatic carbocycles. The molecule has 19 heavy (non-hydrogen) atoms. The van der Waals surface area contributed by atoms with E-state index in [1.54, 1.807) is 6.07 Å². The lowest BCUT2D eigenvalue weighted by Gasteiger charge is -2.35. The summed E-state index contributed by atoms with van der Waals surface area (Å²) in [5.41, 5.74) is 3.94. The standard InChI is InChI=1S/C13H19Cl2N3O/c1-18-4-5-19-13(8-18)12(17-16)7-9-2-3-10(14)11(15)6-9/h2-3,6,12-13,17H,4-5,7-8,16H2,1H3. The van der Waals surface area contributed by atoms with Crippen LogP contribution in [0.2, 0.25) is 10.0 Å². The van der Waals surface area contributed by atoms with E-state index < -0.39 is 0 Å². The van der Waals surface area contributed by atoms with Crippen LogP contribution in [0.3, 0.4) is 0 Å². The molecule has 0 aromatic heterocycles. The van der Waals surface area contributed by atoms with Crippen molar-refractivity contribution in [1.29, 1.82) is 0 Å². The molecular formula is C13H19Cl2N3O. The van der Waals surface area contributed by atoms with Crippen LogP contribution in [0.25, 0.3) is 0 Å². The third-order valence-corrected chi connectivity index (χ3v) is 4.14. The van der Waals surface area contributed by atoms with Gasteiger partial charge in [-0.05, 0) is 31.2 Å². The first-order valence-corrected chi connectivity index (χ1v) is 7.06. The van der Waals surface area contributed by atoms with Gasteiger partial charge in [0.2, 0.25) is 0 Å². The van der Waals surface area contributed by atoms with Crippen LogP contribution >= 0.6 is 23.2 Å². The van der Waals surface area contributed by atoms with Crippen molar-refractivity contribution in [2.45, 2.75) is 18.6 Å². The average molecular weight is 304 g/mol. The smallest absolute Gasteiger partial charge is 0.0871 e. The summed E-state index contributed by atoms with van der Waals surface area (Å²) in [6.07, 6.45) is 0.838. The van der Waals surface area contributed by atoms with Gasteiger partial charge in [-0.1, -0.05) is 29.3 Å². The summed E-state index contributed by atoms with van der Waals surface area (Å²) in [5.74, 6) is 5.66. The lowest BCUT2D eigenvalue weighted by molar-refractivity contribution is -0.0384. The van der Waals surface area contributed by atoms with Gasteiger partial charge in [0, 0.05) is 13.1 Å². The molecule has 1 aliphatic rings. The first-order valence-electron chi connectivity index (χ1n) is 6.30. The Balaban J connectivity index is 2.03. The number of benzene rings is 1. The van der Waals surface area contributed by atoms with Crippen molar-refractivity contribution >= 4 is 23.2 Å². The fourth-order valence-electron chi connectivity index (χ4n) is 2.27. The van der Waals surface area contributed by atoms with Gasteiger partial charge in [0.1, 0.15) is 0 Å². The highest BCUT2D eigenvalue weighted by Gasteiger charge is 2.26. The van der Waals surface area contributed by atoms with Crippen LogP contribution in [0.15, 0.2) is 18.2 Å². The maximum atomic E-state index is 6.03. The van der Waals surface area contributed by atoms with E-state index in [9.17, 15) is 0 Å². The molecule has 0 bridgehead atoms. The summed E-state index contributed by atoms with van der Waals surface area (Å²) in [6, 6.07) is 5.70. The van der Waals surface area contributed by atoms with Crippen LogP contribution < -0.4 is 11.3 Å². The highest BCUT2D eigenvalue weighted by molar-refractivity contribution is 6.42. The van der Waals surface area contributed by atoms with E-state index in [1.165, 1.54) is 0 Å². The second-order valence-electron chi connectivity index (χ2n) is 4.90. The Kier molecular flexibility index (Phi) is 5.45. The Bertz CT molecular complexity index is 430. The van der Waals surface area contributed by atoms with Gasteiger partial charge < -0.3 is 9.64 Å². The van der Waals surface area contributed by atoms with Crippen molar-refractivity contribution in [1.82, 2.24) is 10.3 Å². The minimum absolute atomic E-state index is 0.0555. The van der Waals surface area contributed by atoms with Crippen LogP contribution in [0, 0.1) is 0 Å². The molecule has 3 N–H and O–H groups in total. The predicted octanol–water partition coefficient (Wildman–Crippen LogP) is 1.70. The van der Waals surface area contributed by atoms with Gasteiger partial charge in [-0.2, -0.15) is 0 Å². The quantitative estimate of drug-likeness (QED) is 0.657. The van der Waals surface area contributed by atoms with Crippen LogP contribution in [0.4, 0.5) is 0 Å². The predicted molar refractivity (Wildman–Crippen MR) is 78.5 cm³/mol. The maximum absolute atomic E-state index is 6.03. The molecule has 1 heterocycles. The summed E-state index contributed by atoms with van der Waals surface area (Å²) in [4.78, 5) is 2.24. The molecule has 0 saturated carbocycles. The second-order valence-corrected chi connectivity index (χ2v) is 5.71. The number of nitrogens with two attached hydrogens (primary N) is 1. The monoisotopic (exact) mass is 303 g/mol. The van der Waals surface area contributed by atoms with Gasteiger partial charge in [0.25, 0.3) is 0 Å². The summed E-state index contributed by atoms with van der Waals surface area (Å²) < 4.78 is 5.78. The molecule has 1 aliphatic heterocycles. The van der Waals surface area contributed by atoms with Crippen molar-refractivity contribution in [2.75, 3.05) is 26.7 Å². The molecule has 2 rings (SSSR count). The number of halogens is 2. The Hall–Kier alpha value is -0.360. The van der Waals surface area contributed by atoms with Crippen LogP contribution in [-0.4, -0.2) is 43.8 Å². The Morgan fingerprint density at radius 1 is 1.47 bits per heavy atom. The summed E-state index contributed by atoms with van der Waals surface area (Å²) in [5, 5.41) is 1.13. The van der Waals surface area contributed by atoms with Gasteiger partial charge in [0.05, 0.1) is 28.8 Å². The molecule has 0 radical (unpaired) electrons. The second kappa shape index (κ2) is 6.88. The zero-order chi connectivity index (χ0) is 13.8. The van der Waals surface area contributed by atoms with E-state index in [4.69, 9.17) is 33.8 Å². The van der Waals surface area contributed by atoms with Crippen LogP contribution in [-0.2, 0) is 11.2 Å². The normalized spacial score (nSPS) is 22.4. The van der Waals surface area contributed by atoms with Crippen LogP contribution in [0.5, 0.6) is 0 Å². The first kappa shape index (κ1) is 15.0. The number of nitrogens with one attached hydrogen (secondary N) is 1. The molecule has 6 heteroatoms. The largest absolute Gasteiger partial charge is 0.374 e. The lowest BCUT2D eigenvalue weighted by atomic mass is 10.0. The van der Waals surface area contributed by atoms with Crippen molar-refractivity contribution < 1.29 is 4.74 Å². The van der Waals surface area contributed by atoms with Gasteiger partial charge in [-0.3, -0.25) is 11.3 Å². The number of hydrogen-bond donors (Lipinski definition) is 2. The molecule has 0 spiro atoms. The Morgan fingerprint density at radius 3 is 2.89 bits per heavy atom. The van der Waals surface area contributed by atoms with Crippen LogP contribution in [0.1, 0.15) is 5.56 Å². The maximum Gasteiger partial charge on any atom is 0.0871 e. The zero-order valence-corrected chi connectivity index (χ0v) is 12.4. The number of likely N-dealkylation sites (N-methyl/N-ethyl adjacent to an activating group) is 1. The summed E-state index contributed by atoms with van der Waals surface area (Å²) in [7, 11) is 2.09. The number of hydrogen-bond acceptors (Lipinski definition) is 4. The van der Waals surface area contributed by atoms with E-state index in [0.717, 1.165) is 31.7 Å². The fraction of sp³-hybridized carbons (Fsp3) is 0.538. The Morgan fingerprint density at radius 2 is 2.26 bits per heavy atom. The van der Waals surface area contributed by atoms with E-state index in [-0.39, 0.29) is 12.1 Å². The lowest BCUT2D eigenvalue weighted by Crippen LogP contribution is -2.54. The zero-order valence-electron chi connectivity index (χ0n) is 10.9. The minimum atomic E-state index is 0.0555. The molecule has 2 atom stereocenters.